The van der Waals surface area contributed by atoms with Gasteiger partial charge in [0.25, 0.3) is 0 Å². The highest BCUT2D eigenvalue weighted by molar-refractivity contribution is 7.99. The van der Waals surface area contributed by atoms with Gasteiger partial charge in [-0.25, -0.2) is 0 Å². The SMILES string of the molecule is C=CCCNC1CCCSC1C. The van der Waals surface area contributed by atoms with Crippen LogP contribution in [0.15, 0.2) is 12.7 Å². The van der Waals surface area contributed by atoms with Gasteiger partial charge < -0.3 is 5.32 Å². The summed E-state index contributed by atoms with van der Waals surface area (Å²) in [6.45, 7) is 7.14. The van der Waals surface area contributed by atoms with Crippen LogP contribution >= 0.6 is 11.8 Å². The quantitative estimate of drug-likeness (QED) is 0.533. The molecule has 0 aliphatic carbocycles. The maximum absolute atomic E-state index is 3.72. The van der Waals surface area contributed by atoms with Crippen LogP contribution in [0.1, 0.15) is 26.2 Å². The fraction of sp³-hybridized carbons (Fsp3) is 0.800. The summed E-state index contributed by atoms with van der Waals surface area (Å²) in [6.07, 6.45) is 5.80. The highest BCUT2D eigenvalue weighted by Gasteiger charge is 2.20. The molecule has 1 aliphatic rings. The summed E-state index contributed by atoms with van der Waals surface area (Å²) < 4.78 is 0. The average molecular weight is 185 g/mol. The van der Waals surface area contributed by atoms with E-state index in [1.165, 1.54) is 18.6 Å². The van der Waals surface area contributed by atoms with Crippen LogP contribution in [0.25, 0.3) is 0 Å². The van der Waals surface area contributed by atoms with Crippen molar-refractivity contribution in [1.82, 2.24) is 5.32 Å². The van der Waals surface area contributed by atoms with Gasteiger partial charge >= 0.3 is 0 Å². The topological polar surface area (TPSA) is 12.0 Å². The highest BCUT2D eigenvalue weighted by atomic mass is 32.2. The zero-order valence-electron chi connectivity index (χ0n) is 7.88. The van der Waals surface area contributed by atoms with E-state index >= 15 is 0 Å². The molecular formula is C10H19NS. The van der Waals surface area contributed by atoms with Crippen molar-refractivity contribution in [3.8, 4) is 0 Å². The largest absolute Gasteiger partial charge is 0.313 e. The third-order valence-corrected chi connectivity index (χ3v) is 3.74. The minimum absolute atomic E-state index is 0.740. The van der Waals surface area contributed by atoms with Crippen molar-refractivity contribution in [2.45, 2.75) is 37.5 Å². The fourth-order valence-corrected chi connectivity index (χ4v) is 2.73. The highest BCUT2D eigenvalue weighted by Crippen LogP contribution is 2.24. The molecule has 1 N–H and O–H groups in total. The van der Waals surface area contributed by atoms with Crippen LogP contribution < -0.4 is 5.32 Å². The Balaban J connectivity index is 2.15. The van der Waals surface area contributed by atoms with Crippen molar-refractivity contribution in [1.29, 1.82) is 0 Å². The second kappa shape index (κ2) is 5.65. The molecule has 0 bridgehead atoms. The van der Waals surface area contributed by atoms with Gasteiger partial charge in [-0.15, -0.1) is 6.58 Å². The number of hydrogen-bond donors (Lipinski definition) is 1. The zero-order valence-corrected chi connectivity index (χ0v) is 8.70. The first kappa shape index (κ1) is 10.1. The predicted octanol–water partition coefficient (Wildman–Crippen LogP) is 2.44. The van der Waals surface area contributed by atoms with Crippen LogP contribution in [0.5, 0.6) is 0 Å². The van der Waals surface area contributed by atoms with E-state index in [2.05, 4.69) is 30.6 Å². The van der Waals surface area contributed by atoms with Gasteiger partial charge in [-0.05, 0) is 31.6 Å². The molecule has 1 nitrogen and oxygen atoms in total. The first-order chi connectivity index (χ1) is 5.84. The summed E-state index contributed by atoms with van der Waals surface area (Å²) in [5.41, 5.74) is 0. The molecule has 0 aromatic heterocycles. The van der Waals surface area contributed by atoms with E-state index in [4.69, 9.17) is 0 Å². The second-order valence-corrected chi connectivity index (χ2v) is 4.84. The lowest BCUT2D eigenvalue weighted by atomic mass is 10.1. The molecule has 70 valence electrons. The Morgan fingerprint density at radius 3 is 3.17 bits per heavy atom. The smallest absolute Gasteiger partial charge is 0.0184 e. The van der Waals surface area contributed by atoms with Crippen molar-refractivity contribution < 1.29 is 0 Å². The van der Waals surface area contributed by atoms with Crippen LogP contribution in [0, 0.1) is 0 Å². The van der Waals surface area contributed by atoms with Crippen LogP contribution in [-0.4, -0.2) is 23.6 Å². The summed E-state index contributed by atoms with van der Waals surface area (Å²) in [6, 6.07) is 0.740. The fourth-order valence-electron chi connectivity index (χ4n) is 1.56. The third kappa shape index (κ3) is 3.20. The summed E-state index contributed by atoms with van der Waals surface area (Å²) >= 11 is 2.10. The van der Waals surface area contributed by atoms with Crippen LogP contribution in [0.2, 0.25) is 0 Å². The van der Waals surface area contributed by atoms with Crippen LogP contribution in [0.4, 0.5) is 0 Å². The van der Waals surface area contributed by atoms with Gasteiger partial charge in [0.1, 0.15) is 0 Å². The van der Waals surface area contributed by atoms with Crippen LogP contribution in [0.3, 0.4) is 0 Å². The number of hydrogen-bond acceptors (Lipinski definition) is 2. The van der Waals surface area contributed by atoms with E-state index < -0.39 is 0 Å². The average Bonchev–Trinajstić information content (AvgIpc) is 2.09. The molecule has 1 fully saturated rings. The molecule has 0 radical (unpaired) electrons. The maximum atomic E-state index is 3.72. The van der Waals surface area contributed by atoms with E-state index in [0.717, 1.165) is 24.3 Å². The number of rotatable bonds is 4. The Labute approximate surface area is 80.0 Å². The Kier molecular flexibility index (Phi) is 4.77. The van der Waals surface area contributed by atoms with Crippen molar-refractivity contribution >= 4 is 11.8 Å². The first-order valence-corrected chi connectivity index (χ1v) is 5.85. The number of thioether (sulfide) groups is 1. The lowest BCUT2D eigenvalue weighted by molar-refractivity contribution is 0.468. The Morgan fingerprint density at radius 1 is 1.67 bits per heavy atom. The van der Waals surface area contributed by atoms with Gasteiger partial charge in [-0.2, -0.15) is 11.8 Å². The summed E-state index contributed by atoms with van der Waals surface area (Å²) in [5.74, 6) is 1.35. The normalized spacial score (nSPS) is 30.1. The second-order valence-electron chi connectivity index (χ2n) is 3.36. The summed E-state index contributed by atoms with van der Waals surface area (Å²) in [5, 5.41) is 4.38. The molecule has 1 heterocycles. The monoisotopic (exact) mass is 185 g/mol. The van der Waals surface area contributed by atoms with Gasteiger partial charge in [0.2, 0.25) is 0 Å². The molecule has 2 unspecified atom stereocenters. The summed E-state index contributed by atoms with van der Waals surface area (Å²) in [4.78, 5) is 0. The van der Waals surface area contributed by atoms with Gasteiger partial charge in [0.05, 0.1) is 0 Å². The van der Waals surface area contributed by atoms with Crippen molar-refractivity contribution in [2.24, 2.45) is 0 Å². The molecular weight excluding hydrogens is 166 g/mol. The Morgan fingerprint density at radius 2 is 2.50 bits per heavy atom. The van der Waals surface area contributed by atoms with E-state index in [0.29, 0.717) is 0 Å². The zero-order chi connectivity index (χ0) is 8.81. The molecule has 2 atom stereocenters. The standard InChI is InChI=1S/C10H19NS/c1-3-4-7-11-10-6-5-8-12-9(10)2/h3,9-11H,1,4-8H2,2H3. The Hall–Kier alpha value is 0.0500. The molecule has 1 rings (SSSR count). The van der Waals surface area contributed by atoms with E-state index in [-0.39, 0.29) is 0 Å². The van der Waals surface area contributed by atoms with Crippen molar-refractivity contribution in [3.05, 3.63) is 12.7 Å². The molecule has 1 saturated heterocycles. The van der Waals surface area contributed by atoms with Crippen LogP contribution in [-0.2, 0) is 0 Å². The predicted molar refractivity (Wildman–Crippen MR) is 57.8 cm³/mol. The molecule has 0 aromatic rings. The first-order valence-electron chi connectivity index (χ1n) is 4.80. The Bertz CT molecular complexity index is 136. The molecule has 0 spiro atoms. The lowest BCUT2D eigenvalue weighted by Gasteiger charge is -2.29. The molecule has 2 heteroatoms. The maximum Gasteiger partial charge on any atom is 0.0184 e. The minimum Gasteiger partial charge on any atom is -0.313 e. The molecule has 0 saturated carbocycles. The molecule has 0 amide bonds. The summed E-state index contributed by atoms with van der Waals surface area (Å²) in [7, 11) is 0. The van der Waals surface area contributed by atoms with Crippen molar-refractivity contribution in [2.75, 3.05) is 12.3 Å². The third-order valence-electron chi connectivity index (χ3n) is 2.36. The van der Waals surface area contributed by atoms with Gasteiger partial charge in [-0.3, -0.25) is 0 Å². The van der Waals surface area contributed by atoms with Gasteiger partial charge in [0.15, 0.2) is 0 Å². The van der Waals surface area contributed by atoms with E-state index in [1.807, 2.05) is 6.08 Å². The molecule has 12 heavy (non-hydrogen) atoms. The van der Waals surface area contributed by atoms with Crippen molar-refractivity contribution in [3.63, 3.8) is 0 Å². The van der Waals surface area contributed by atoms with E-state index in [9.17, 15) is 0 Å². The minimum atomic E-state index is 0.740. The lowest BCUT2D eigenvalue weighted by Crippen LogP contribution is -2.39. The van der Waals surface area contributed by atoms with E-state index in [1.54, 1.807) is 0 Å². The number of nitrogens with one attached hydrogen (secondary N) is 1. The van der Waals surface area contributed by atoms with Gasteiger partial charge in [0, 0.05) is 11.3 Å². The van der Waals surface area contributed by atoms with Gasteiger partial charge in [-0.1, -0.05) is 13.0 Å². The molecule has 0 aromatic carbocycles. The molecule has 1 aliphatic heterocycles.